The van der Waals surface area contributed by atoms with E-state index in [2.05, 4.69) is 4.72 Å². The molecule has 1 aromatic carbocycles. The van der Waals surface area contributed by atoms with E-state index in [1.54, 1.807) is 0 Å². The Morgan fingerprint density at radius 1 is 1.38 bits per heavy atom. The average molecular weight is 318 g/mol. The van der Waals surface area contributed by atoms with Crippen LogP contribution in [0.1, 0.15) is 32.8 Å². The van der Waals surface area contributed by atoms with E-state index < -0.39 is 21.9 Å². The van der Waals surface area contributed by atoms with Crippen LogP contribution in [0, 0.1) is 18.2 Å². The number of hydrogen-bond donors (Lipinski definition) is 3. The van der Waals surface area contributed by atoms with Crippen molar-refractivity contribution in [3.63, 3.8) is 0 Å². The van der Waals surface area contributed by atoms with Crippen LogP contribution in [-0.2, 0) is 10.0 Å². The zero-order valence-corrected chi connectivity index (χ0v) is 13.6. The number of nitrogens with two attached hydrogens (primary N) is 1. The average Bonchev–Trinajstić information content (AvgIpc) is 2.31. The summed E-state index contributed by atoms with van der Waals surface area (Å²) in [5.41, 5.74) is 5.74. The van der Waals surface area contributed by atoms with Crippen LogP contribution in [0.2, 0.25) is 0 Å². The largest absolute Gasteiger partial charge is 0.398 e. The van der Waals surface area contributed by atoms with Crippen LogP contribution in [0.15, 0.2) is 17.0 Å². The van der Waals surface area contributed by atoms with Crippen LogP contribution in [0.5, 0.6) is 0 Å². The molecule has 4 N–H and O–H groups in total. The molecule has 1 rings (SSSR count). The van der Waals surface area contributed by atoms with Crippen LogP contribution in [0.4, 0.5) is 10.1 Å². The summed E-state index contributed by atoms with van der Waals surface area (Å²) in [5, 5.41) is 9.82. The van der Waals surface area contributed by atoms with Crippen molar-refractivity contribution in [3.8, 4) is 0 Å². The minimum Gasteiger partial charge on any atom is -0.398 e. The van der Waals surface area contributed by atoms with Gasteiger partial charge < -0.3 is 10.8 Å². The molecule has 0 saturated carbocycles. The van der Waals surface area contributed by atoms with Crippen molar-refractivity contribution in [1.29, 1.82) is 0 Å². The van der Waals surface area contributed by atoms with Gasteiger partial charge in [0, 0.05) is 17.8 Å². The quantitative estimate of drug-likeness (QED) is 0.722. The summed E-state index contributed by atoms with van der Waals surface area (Å²) in [5.74, 6) is -0.675. The van der Waals surface area contributed by atoms with Gasteiger partial charge in [-0.3, -0.25) is 0 Å². The fourth-order valence-corrected chi connectivity index (χ4v) is 3.02. The smallest absolute Gasteiger partial charge is 0.240 e. The summed E-state index contributed by atoms with van der Waals surface area (Å²) in [4.78, 5) is -0.244. The molecule has 0 aliphatic heterocycles. The lowest BCUT2D eigenvalue weighted by molar-refractivity contribution is 0.125. The molecule has 1 aromatic rings. The normalized spacial score (nSPS) is 14.2. The minimum absolute atomic E-state index is 0.0746. The number of sulfonamides is 1. The zero-order chi connectivity index (χ0) is 16.4. The summed E-state index contributed by atoms with van der Waals surface area (Å²) in [7, 11) is -3.90. The van der Waals surface area contributed by atoms with E-state index in [-0.39, 0.29) is 28.1 Å². The Morgan fingerprint density at radius 3 is 2.43 bits per heavy atom. The van der Waals surface area contributed by atoms with Crippen LogP contribution in [0.3, 0.4) is 0 Å². The third-order valence-corrected chi connectivity index (χ3v) is 4.43. The number of aliphatic hydroxyl groups is 1. The summed E-state index contributed by atoms with van der Waals surface area (Å²) < 4.78 is 40.0. The molecular weight excluding hydrogens is 295 g/mol. The molecule has 0 amide bonds. The molecule has 7 heteroatoms. The molecular formula is C14H23FN2O3S. The lowest BCUT2D eigenvalue weighted by Gasteiger charge is -2.22. The van der Waals surface area contributed by atoms with Crippen LogP contribution < -0.4 is 10.5 Å². The standard InChI is InChI=1S/C14H23FN2O3S/c1-9-12(15)5-11(6-13(9)16)21(19,20)17-8-10(18)7-14(2,3)4/h5-6,10,17-18H,7-8,16H2,1-4H3. The molecule has 21 heavy (non-hydrogen) atoms. The number of aliphatic hydroxyl groups excluding tert-OH is 1. The molecule has 1 atom stereocenters. The molecule has 5 nitrogen and oxygen atoms in total. The van der Waals surface area contributed by atoms with Crippen molar-refractivity contribution in [2.45, 2.75) is 45.1 Å². The predicted octanol–water partition coefficient (Wildman–Crippen LogP) is 1.79. The Balaban J connectivity index is 2.83. The van der Waals surface area contributed by atoms with E-state index in [4.69, 9.17) is 5.73 Å². The lowest BCUT2D eigenvalue weighted by Crippen LogP contribution is -2.34. The Labute approximate surface area is 125 Å². The molecule has 1 unspecified atom stereocenters. The van der Waals surface area contributed by atoms with E-state index >= 15 is 0 Å². The molecule has 0 fully saturated rings. The minimum atomic E-state index is -3.90. The van der Waals surface area contributed by atoms with Crippen molar-refractivity contribution < 1.29 is 17.9 Å². The topological polar surface area (TPSA) is 92.4 Å². The molecule has 0 spiro atoms. The Kier molecular flexibility index (Phi) is 5.35. The lowest BCUT2D eigenvalue weighted by atomic mass is 9.89. The summed E-state index contributed by atoms with van der Waals surface area (Å²) in [6.45, 7) is 7.18. The number of hydrogen-bond acceptors (Lipinski definition) is 4. The third kappa shape index (κ3) is 5.26. The molecule has 0 heterocycles. The molecule has 0 aromatic heterocycles. The molecule has 120 valence electrons. The van der Waals surface area contributed by atoms with E-state index in [1.165, 1.54) is 13.0 Å². The second-order valence-electron chi connectivity index (χ2n) is 6.39. The maximum absolute atomic E-state index is 13.6. The van der Waals surface area contributed by atoms with E-state index in [1.807, 2.05) is 20.8 Å². The Bertz CT molecular complexity index is 586. The summed E-state index contributed by atoms with van der Waals surface area (Å²) in [6, 6.07) is 2.13. The first kappa shape index (κ1) is 17.9. The van der Waals surface area contributed by atoms with Gasteiger partial charge in [-0.05, 0) is 30.9 Å². The van der Waals surface area contributed by atoms with Gasteiger partial charge >= 0.3 is 0 Å². The fourth-order valence-electron chi connectivity index (χ4n) is 1.90. The van der Waals surface area contributed by atoms with Crippen LogP contribution in [0.25, 0.3) is 0 Å². The van der Waals surface area contributed by atoms with E-state index in [9.17, 15) is 17.9 Å². The van der Waals surface area contributed by atoms with Gasteiger partial charge in [0.25, 0.3) is 0 Å². The van der Waals surface area contributed by atoms with Gasteiger partial charge in [-0.1, -0.05) is 20.8 Å². The van der Waals surface area contributed by atoms with Crippen molar-refractivity contribution >= 4 is 15.7 Å². The number of nitrogen functional groups attached to an aromatic ring is 1. The first-order valence-corrected chi connectivity index (χ1v) is 8.14. The SMILES string of the molecule is Cc1c(N)cc(S(=O)(=O)NCC(O)CC(C)(C)C)cc1F. The first-order chi connectivity index (χ1) is 9.42. The van der Waals surface area contributed by atoms with E-state index in [0.29, 0.717) is 6.42 Å². The maximum atomic E-state index is 13.6. The highest BCUT2D eigenvalue weighted by Gasteiger charge is 2.21. The van der Waals surface area contributed by atoms with Crippen molar-refractivity contribution in [2.24, 2.45) is 5.41 Å². The highest BCUT2D eigenvalue weighted by atomic mass is 32.2. The van der Waals surface area contributed by atoms with Gasteiger partial charge in [0.1, 0.15) is 5.82 Å². The predicted molar refractivity (Wildman–Crippen MR) is 80.8 cm³/mol. The van der Waals surface area contributed by atoms with Crippen LogP contribution in [-0.4, -0.2) is 26.2 Å². The van der Waals surface area contributed by atoms with Gasteiger partial charge in [0.2, 0.25) is 10.0 Å². The highest BCUT2D eigenvalue weighted by Crippen LogP contribution is 2.22. The van der Waals surface area contributed by atoms with Crippen LogP contribution >= 0.6 is 0 Å². The molecule has 0 radical (unpaired) electrons. The second kappa shape index (κ2) is 6.29. The number of rotatable bonds is 5. The van der Waals surface area contributed by atoms with Gasteiger partial charge in [0.15, 0.2) is 0 Å². The fraction of sp³-hybridized carbons (Fsp3) is 0.571. The number of benzene rings is 1. The molecule has 0 aliphatic rings. The zero-order valence-electron chi connectivity index (χ0n) is 12.8. The van der Waals surface area contributed by atoms with E-state index in [0.717, 1.165) is 6.07 Å². The van der Waals surface area contributed by atoms with Gasteiger partial charge in [0.05, 0.1) is 11.0 Å². The van der Waals surface area contributed by atoms with Gasteiger partial charge in [-0.2, -0.15) is 0 Å². The molecule has 0 aliphatic carbocycles. The molecule has 0 bridgehead atoms. The van der Waals surface area contributed by atoms with Crippen molar-refractivity contribution in [2.75, 3.05) is 12.3 Å². The second-order valence-corrected chi connectivity index (χ2v) is 8.16. The number of halogens is 1. The van der Waals surface area contributed by atoms with Gasteiger partial charge in [-0.25, -0.2) is 17.5 Å². The summed E-state index contributed by atoms with van der Waals surface area (Å²) >= 11 is 0. The van der Waals surface area contributed by atoms with Crippen molar-refractivity contribution in [1.82, 2.24) is 4.72 Å². The number of anilines is 1. The highest BCUT2D eigenvalue weighted by molar-refractivity contribution is 7.89. The van der Waals surface area contributed by atoms with Crippen molar-refractivity contribution in [3.05, 3.63) is 23.5 Å². The monoisotopic (exact) mass is 318 g/mol. The number of nitrogens with one attached hydrogen (secondary N) is 1. The Hall–Kier alpha value is -1.18. The van der Waals surface area contributed by atoms with Gasteiger partial charge in [-0.15, -0.1) is 0 Å². The third-order valence-electron chi connectivity index (χ3n) is 3.03. The Morgan fingerprint density at radius 2 is 1.95 bits per heavy atom. The summed E-state index contributed by atoms with van der Waals surface area (Å²) in [6.07, 6.45) is -0.368. The maximum Gasteiger partial charge on any atom is 0.240 e. The first-order valence-electron chi connectivity index (χ1n) is 6.66. The molecule has 0 saturated heterocycles.